The molecule has 12 nitrogen and oxygen atoms in total. The third-order valence-corrected chi connectivity index (χ3v) is 8.85. The molecule has 0 aromatic heterocycles. The second-order valence-electron chi connectivity index (χ2n) is 12.4. The molecule has 0 spiro atoms. The highest BCUT2D eigenvalue weighted by molar-refractivity contribution is 6.27. The SMILES string of the molecule is CCCOc1ccc2c(c1)C(=O)C(C(=O)OC)C2c1ccc2c(c1)OCO2.CCCOc1cccc(C(=O)C(=Cc2ccc3c(c2)OCO3)C(=O)OC)c1. The van der Waals surface area contributed by atoms with Gasteiger partial charge in [0.05, 0.1) is 27.4 Å². The Bertz CT molecular complexity index is 2080. The molecule has 0 saturated carbocycles. The van der Waals surface area contributed by atoms with Gasteiger partial charge in [0, 0.05) is 17.0 Å². The second-order valence-corrected chi connectivity index (χ2v) is 12.4. The van der Waals surface area contributed by atoms with Gasteiger partial charge in [0.1, 0.15) is 23.0 Å². The third kappa shape index (κ3) is 8.02. The van der Waals surface area contributed by atoms with Crippen molar-refractivity contribution in [3.63, 3.8) is 0 Å². The lowest BCUT2D eigenvalue weighted by atomic mass is 9.85. The first-order chi connectivity index (χ1) is 26.3. The van der Waals surface area contributed by atoms with E-state index in [-0.39, 0.29) is 24.9 Å². The highest BCUT2D eigenvalue weighted by Gasteiger charge is 2.46. The van der Waals surface area contributed by atoms with E-state index < -0.39 is 29.6 Å². The number of methoxy groups -OCH3 is 2. The Hall–Kier alpha value is -6.30. The Labute approximate surface area is 312 Å². The van der Waals surface area contributed by atoms with Crippen molar-refractivity contribution in [2.45, 2.75) is 32.6 Å². The number of carbonyl (C=O) groups excluding carboxylic acids is 4. The Morgan fingerprint density at radius 1 is 0.722 bits per heavy atom. The van der Waals surface area contributed by atoms with E-state index in [0.29, 0.717) is 64.4 Å². The molecule has 0 radical (unpaired) electrons. The lowest BCUT2D eigenvalue weighted by Crippen LogP contribution is -2.26. The number of hydrogen-bond donors (Lipinski definition) is 0. The van der Waals surface area contributed by atoms with Gasteiger partial charge in [-0.25, -0.2) is 4.79 Å². The maximum atomic E-state index is 13.0. The van der Waals surface area contributed by atoms with E-state index in [9.17, 15) is 19.2 Å². The van der Waals surface area contributed by atoms with E-state index in [1.807, 2.05) is 38.1 Å². The van der Waals surface area contributed by atoms with Gasteiger partial charge in [0.15, 0.2) is 34.6 Å². The summed E-state index contributed by atoms with van der Waals surface area (Å²) in [6.07, 6.45) is 3.21. The molecule has 12 heteroatoms. The molecule has 0 saturated heterocycles. The Morgan fingerprint density at radius 2 is 1.37 bits per heavy atom. The van der Waals surface area contributed by atoms with Crippen LogP contribution in [0.2, 0.25) is 0 Å². The first-order valence-electron chi connectivity index (χ1n) is 17.5. The number of ether oxygens (including phenoxy) is 8. The van der Waals surface area contributed by atoms with Gasteiger partial charge in [-0.15, -0.1) is 0 Å². The van der Waals surface area contributed by atoms with Crippen LogP contribution in [-0.4, -0.2) is 64.5 Å². The molecule has 0 bridgehead atoms. The van der Waals surface area contributed by atoms with E-state index in [4.69, 9.17) is 37.9 Å². The van der Waals surface area contributed by atoms with E-state index in [2.05, 4.69) is 0 Å². The minimum atomic E-state index is -0.924. The van der Waals surface area contributed by atoms with Crippen LogP contribution in [0.1, 0.15) is 70.0 Å². The topological polar surface area (TPSA) is 142 Å². The summed E-state index contributed by atoms with van der Waals surface area (Å²) in [7, 11) is 2.54. The van der Waals surface area contributed by atoms with Crippen LogP contribution in [-0.2, 0) is 19.1 Å². The van der Waals surface area contributed by atoms with Gasteiger partial charge in [-0.3, -0.25) is 14.4 Å². The summed E-state index contributed by atoms with van der Waals surface area (Å²) in [6.45, 7) is 5.45. The van der Waals surface area contributed by atoms with Gasteiger partial charge in [-0.05, 0) is 84.1 Å². The summed E-state index contributed by atoms with van der Waals surface area (Å²) in [6, 6.07) is 22.8. The van der Waals surface area contributed by atoms with Crippen LogP contribution in [0.5, 0.6) is 34.5 Å². The number of fused-ring (bicyclic) bond motifs is 3. The molecule has 54 heavy (non-hydrogen) atoms. The van der Waals surface area contributed by atoms with E-state index >= 15 is 0 Å². The molecule has 2 aliphatic heterocycles. The zero-order valence-electron chi connectivity index (χ0n) is 30.4. The molecule has 4 aromatic rings. The van der Waals surface area contributed by atoms with Crippen molar-refractivity contribution in [3.05, 3.63) is 112 Å². The van der Waals surface area contributed by atoms with E-state index in [1.165, 1.54) is 20.3 Å². The molecule has 4 aromatic carbocycles. The fourth-order valence-electron chi connectivity index (χ4n) is 6.28. The number of rotatable bonds is 12. The summed E-state index contributed by atoms with van der Waals surface area (Å²) in [5, 5.41) is 0. The van der Waals surface area contributed by atoms with Crippen molar-refractivity contribution < 1.29 is 57.1 Å². The maximum absolute atomic E-state index is 13.0. The zero-order valence-corrected chi connectivity index (χ0v) is 30.4. The fourth-order valence-corrected chi connectivity index (χ4v) is 6.28. The van der Waals surface area contributed by atoms with Gasteiger partial charge in [-0.1, -0.05) is 44.2 Å². The fraction of sp³-hybridized carbons (Fsp3) is 0.286. The molecule has 1 aliphatic carbocycles. The van der Waals surface area contributed by atoms with Crippen molar-refractivity contribution >= 4 is 29.6 Å². The monoisotopic (exact) mass is 736 g/mol. The van der Waals surface area contributed by atoms with E-state index in [1.54, 1.807) is 54.6 Å². The predicted octanol–water partition coefficient (Wildman–Crippen LogP) is 6.96. The van der Waals surface area contributed by atoms with Crippen molar-refractivity contribution in [1.82, 2.24) is 0 Å². The number of esters is 2. The highest BCUT2D eigenvalue weighted by Crippen LogP contribution is 2.46. The average molecular weight is 737 g/mol. The predicted molar refractivity (Wildman–Crippen MR) is 196 cm³/mol. The maximum Gasteiger partial charge on any atom is 0.341 e. The third-order valence-electron chi connectivity index (χ3n) is 8.85. The number of hydrogen-bond acceptors (Lipinski definition) is 12. The summed E-state index contributed by atoms with van der Waals surface area (Å²) >= 11 is 0. The zero-order chi connectivity index (χ0) is 38.2. The minimum absolute atomic E-state index is 0.0796. The smallest absolute Gasteiger partial charge is 0.341 e. The lowest BCUT2D eigenvalue weighted by Gasteiger charge is -2.18. The van der Waals surface area contributed by atoms with Gasteiger partial charge in [0.2, 0.25) is 13.6 Å². The normalized spacial score (nSPS) is 16.1. The molecular formula is C42H40O12. The Balaban J connectivity index is 0.000000184. The van der Waals surface area contributed by atoms with Crippen molar-refractivity contribution in [3.8, 4) is 34.5 Å². The van der Waals surface area contributed by atoms with Crippen LogP contribution in [0.15, 0.2) is 84.4 Å². The molecule has 3 aliphatic rings. The van der Waals surface area contributed by atoms with Crippen molar-refractivity contribution in [2.24, 2.45) is 5.92 Å². The Morgan fingerprint density at radius 3 is 2.04 bits per heavy atom. The molecule has 280 valence electrons. The number of ketones is 2. The molecule has 2 unspecified atom stereocenters. The van der Waals surface area contributed by atoms with Gasteiger partial charge in [-0.2, -0.15) is 0 Å². The van der Waals surface area contributed by atoms with Crippen LogP contribution in [0.4, 0.5) is 0 Å². The minimum Gasteiger partial charge on any atom is -0.494 e. The first-order valence-corrected chi connectivity index (χ1v) is 17.5. The largest absolute Gasteiger partial charge is 0.494 e. The summed E-state index contributed by atoms with van der Waals surface area (Å²) < 4.78 is 42.4. The number of Topliss-reactive ketones (excluding diaryl/α,β-unsaturated/α-hetero) is 2. The first kappa shape index (κ1) is 37.5. The summed E-state index contributed by atoms with van der Waals surface area (Å²) in [4.78, 5) is 50.6. The lowest BCUT2D eigenvalue weighted by molar-refractivity contribution is -0.143. The highest BCUT2D eigenvalue weighted by atomic mass is 16.7. The van der Waals surface area contributed by atoms with Gasteiger partial charge in [0.25, 0.3) is 0 Å². The summed E-state index contributed by atoms with van der Waals surface area (Å²) in [5.74, 6) is 0.348. The van der Waals surface area contributed by atoms with Crippen molar-refractivity contribution in [2.75, 3.05) is 41.0 Å². The Kier molecular flexibility index (Phi) is 11.8. The molecular weight excluding hydrogens is 696 g/mol. The second kappa shape index (κ2) is 17.0. The van der Waals surface area contributed by atoms with Crippen LogP contribution in [0, 0.1) is 5.92 Å². The summed E-state index contributed by atoms with van der Waals surface area (Å²) in [5.41, 5.74) is 3.00. The number of carbonyl (C=O) groups is 4. The molecule has 2 heterocycles. The average Bonchev–Trinajstić information content (AvgIpc) is 3.95. The van der Waals surface area contributed by atoms with E-state index in [0.717, 1.165) is 24.0 Å². The molecule has 0 N–H and O–H groups in total. The molecule has 0 amide bonds. The van der Waals surface area contributed by atoms with Crippen molar-refractivity contribution in [1.29, 1.82) is 0 Å². The molecule has 7 rings (SSSR count). The van der Waals surface area contributed by atoms with Gasteiger partial charge >= 0.3 is 11.9 Å². The van der Waals surface area contributed by atoms with Crippen LogP contribution < -0.4 is 28.4 Å². The standard InChI is InChI=1S/2C21H20O6/c1-3-8-25-13-5-6-14-15(10-13)20(22)19(21(23)24-2)18(14)12-4-7-16-17(9-12)27-11-26-16;1-3-9-25-16-6-4-5-15(12-16)20(22)17(21(23)24-2)10-14-7-8-18-19(11-14)27-13-26-18/h4-7,9-10,18-19H,3,8,11H2,1-2H3;4-8,10-12H,3,9,13H2,1-2H3. The molecule has 0 fully saturated rings. The molecule has 2 atom stereocenters. The van der Waals surface area contributed by atoms with Crippen LogP contribution in [0.25, 0.3) is 6.08 Å². The van der Waals surface area contributed by atoms with Crippen LogP contribution >= 0.6 is 0 Å². The number of benzene rings is 4. The van der Waals surface area contributed by atoms with Gasteiger partial charge < -0.3 is 37.9 Å². The van der Waals surface area contributed by atoms with Crippen LogP contribution in [0.3, 0.4) is 0 Å². The quantitative estimate of drug-likeness (QED) is 0.0488.